The van der Waals surface area contributed by atoms with Gasteiger partial charge in [-0.2, -0.15) is 0 Å². The molecule has 4 heteroatoms. The molecule has 1 aliphatic rings. The Hall–Kier alpha value is -0.0900. The van der Waals surface area contributed by atoms with Gasteiger partial charge in [0.25, 0.3) is 0 Å². The lowest BCUT2D eigenvalue weighted by molar-refractivity contribution is 0.481. The van der Waals surface area contributed by atoms with Gasteiger partial charge in [0.05, 0.1) is 4.75 Å². The highest BCUT2D eigenvalue weighted by Gasteiger charge is 2.42. The van der Waals surface area contributed by atoms with Crippen LogP contribution in [-0.4, -0.2) is 32.5 Å². The molecule has 84 valence electrons. The number of hydrogen-bond donors (Lipinski definition) is 1. The molecular weight excluding hydrogens is 198 g/mol. The number of hydrogen-bond acceptors (Lipinski definition) is 3. The van der Waals surface area contributed by atoms with Gasteiger partial charge in [-0.05, 0) is 25.8 Å². The van der Waals surface area contributed by atoms with Crippen LogP contribution in [0.3, 0.4) is 0 Å². The summed E-state index contributed by atoms with van der Waals surface area (Å²) >= 11 is 0. The summed E-state index contributed by atoms with van der Waals surface area (Å²) in [6, 6.07) is 0. The van der Waals surface area contributed by atoms with E-state index in [2.05, 4.69) is 12.2 Å². The molecule has 1 rings (SSSR count). The number of nitrogens with one attached hydrogen (secondary N) is 1. The van der Waals surface area contributed by atoms with Gasteiger partial charge in [0.15, 0.2) is 9.84 Å². The molecule has 0 atom stereocenters. The summed E-state index contributed by atoms with van der Waals surface area (Å²) < 4.78 is 23.0. The molecular formula is C10H21NO2S. The summed E-state index contributed by atoms with van der Waals surface area (Å²) in [5, 5.41) is 3.25. The molecule has 0 heterocycles. The standard InChI is InChI=1S/C10H21NO2S/c1-3-8-11-9-10(14(2,12)13)6-4-5-7-10/h11H,3-9H2,1-2H3. The zero-order chi connectivity index (χ0) is 10.7. The van der Waals surface area contributed by atoms with E-state index in [1.54, 1.807) is 0 Å². The van der Waals surface area contributed by atoms with Gasteiger partial charge in [-0.1, -0.05) is 19.8 Å². The minimum absolute atomic E-state index is 0.456. The van der Waals surface area contributed by atoms with Gasteiger partial charge in [-0.3, -0.25) is 0 Å². The fourth-order valence-corrected chi connectivity index (χ4v) is 3.59. The predicted octanol–water partition coefficient (Wildman–Crippen LogP) is 1.34. The molecule has 1 fully saturated rings. The van der Waals surface area contributed by atoms with E-state index in [4.69, 9.17) is 0 Å². The van der Waals surface area contributed by atoms with E-state index in [0.717, 1.165) is 38.6 Å². The monoisotopic (exact) mass is 219 g/mol. The van der Waals surface area contributed by atoms with Crippen molar-refractivity contribution in [3.8, 4) is 0 Å². The fraction of sp³-hybridized carbons (Fsp3) is 1.00. The van der Waals surface area contributed by atoms with Crippen LogP contribution < -0.4 is 5.32 Å². The normalized spacial score (nSPS) is 21.3. The van der Waals surface area contributed by atoms with Crippen molar-refractivity contribution in [3.05, 3.63) is 0 Å². The molecule has 0 spiro atoms. The van der Waals surface area contributed by atoms with Crippen LogP contribution >= 0.6 is 0 Å². The minimum atomic E-state index is -2.91. The maximum absolute atomic E-state index is 11.7. The van der Waals surface area contributed by atoms with Gasteiger partial charge in [0.2, 0.25) is 0 Å². The summed E-state index contributed by atoms with van der Waals surface area (Å²) in [5.41, 5.74) is 0. The maximum Gasteiger partial charge on any atom is 0.154 e. The average molecular weight is 219 g/mol. The highest BCUT2D eigenvalue weighted by atomic mass is 32.2. The van der Waals surface area contributed by atoms with Crippen molar-refractivity contribution in [2.45, 2.75) is 43.8 Å². The SMILES string of the molecule is CCCNCC1(S(C)(=O)=O)CCCC1. The fourth-order valence-electron chi connectivity index (χ4n) is 2.19. The summed E-state index contributed by atoms with van der Waals surface area (Å²) in [6.07, 6.45) is 6.22. The molecule has 1 N–H and O–H groups in total. The van der Waals surface area contributed by atoms with Crippen molar-refractivity contribution in [1.82, 2.24) is 5.32 Å². The third-order valence-corrected chi connectivity index (χ3v) is 5.30. The Morgan fingerprint density at radius 1 is 1.29 bits per heavy atom. The van der Waals surface area contributed by atoms with Gasteiger partial charge in [-0.15, -0.1) is 0 Å². The van der Waals surface area contributed by atoms with Gasteiger partial charge in [0.1, 0.15) is 0 Å². The van der Waals surface area contributed by atoms with Gasteiger partial charge >= 0.3 is 0 Å². The third-order valence-electron chi connectivity index (χ3n) is 3.18. The van der Waals surface area contributed by atoms with E-state index in [0.29, 0.717) is 6.54 Å². The first-order valence-electron chi connectivity index (χ1n) is 5.42. The predicted molar refractivity (Wildman–Crippen MR) is 59.2 cm³/mol. The molecule has 1 aliphatic carbocycles. The van der Waals surface area contributed by atoms with E-state index in [9.17, 15) is 8.42 Å². The lowest BCUT2D eigenvalue weighted by Crippen LogP contribution is -2.44. The van der Waals surface area contributed by atoms with Crippen LogP contribution in [0, 0.1) is 0 Å². The molecule has 0 aromatic rings. The number of rotatable bonds is 5. The minimum Gasteiger partial charge on any atom is -0.315 e. The van der Waals surface area contributed by atoms with Crippen LogP contribution in [0.15, 0.2) is 0 Å². The van der Waals surface area contributed by atoms with E-state index in [-0.39, 0.29) is 0 Å². The average Bonchev–Trinajstić information content (AvgIpc) is 2.53. The quantitative estimate of drug-likeness (QED) is 0.710. The Kier molecular flexibility index (Phi) is 3.95. The molecule has 1 saturated carbocycles. The Morgan fingerprint density at radius 3 is 2.29 bits per heavy atom. The molecule has 0 aromatic carbocycles. The second-order valence-corrected chi connectivity index (χ2v) is 6.75. The van der Waals surface area contributed by atoms with E-state index < -0.39 is 14.6 Å². The zero-order valence-electron chi connectivity index (χ0n) is 9.17. The van der Waals surface area contributed by atoms with Crippen molar-refractivity contribution in [3.63, 3.8) is 0 Å². The molecule has 0 aliphatic heterocycles. The second kappa shape index (κ2) is 4.62. The van der Waals surface area contributed by atoms with Crippen molar-refractivity contribution in [2.24, 2.45) is 0 Å². The molecule has 0 saturated heterocycles. The Balaban J connectivity index is 2.64. The van der Waals surface area contributed by atoms with Crippen molar-refractivity contribution in [1.29, 1.82) is 0 Å². The molecule has 0 amide bonds. The molecule has 3 nitrogen and oxygen atoms in total. The number of sulfone groups is 1. The molecule has 0 unspecified atom stereocenters. The maximum atomic E-state index is 11.7. The van der Waals surface area contributed by atoms with Crippen LogP contribution in [0.4, 0.5) is 0 Å². The first-order chi connectivity index (χ1) is 6.52. The van der Waals surface area contributed by atoms with Crippen LogP contribution in [0.25, 0.3) is 0 Å². The molecule has 0 aromatic heterocycles. The second-order valence-electron chi connectivity index (χ2n) is 4.34. The van der Waals surface area contributed by atoms with Crippen molar-refractivity contribution in [2.75, 3.05) is 19.3 Å². The zero-order valence-corrected chi connectivity index (χ0v) is 9.99. The molecule has 0 bridgehead atoms. The molecule has 0 radical (unpaired) electrons. The van der Waals surface area contributed by atoms with E-state index in [1.165, 1.54) is 6.26 Å². The Morgan fingerprint density at radius 2 is 1.86 bits per heavy atom. The Labute approximate surface area is 87.2 Å². The van der Waals surface area contributed by atoms with E-state index >= 15 is 0 Å². The topological polar surface area (TPSA) is 46.2 Å². The van der Waals surface area contributed by atoms with Crippen LogP contribution in [0.5, 0.6) is 0 Å². The summed E-state index contributed by atoms with van der Waals surface area (Å²) in [7, 11) is -2.91. The molecule has 14 heavy (non-hydrogen) atoms. The first kappa shape index (κ1) is 12.0. The van der Waals surface area contributed by atoms with Gasteiger partial charge in [-0.25, -0.2) is 8.42 Å². The third kappa shape index (κ3) is 2.48. The van der Waals surface area contributed by atoms with Crippen molar-refractivity contribution >= 4 is 9.84 Å². The summed E-state index contributed by atoms with van der Waals surface area (Å²) in [5.74, 6) is 0. The lowest BCUT2D eigenvalue weighted by atomic mass is 10.1. The smallest absolute Gasteiger partial charge is 0.154 e. The first-order valence-corrected chi connectivity index (χ1v) is 7.31. The summed E-state index contributed by atoms with van der Waals surface area (Å²) in [6.45, 7) is 3.64. The lowest BCUT2D eigenvalue weighted by Gasteiger charge is -2.27. The van der Waals surface area contributed by atoms with Crippen LogP contribution in [0.2, 0.25) is 0 Å². The largest absolute Gasteiger partial charge is 0.315 e. The van der Waals surface area contributed by atoms with Gasteiger partial charge in [0, 0.05) is 12.8 Å². The highest BCUT2D eigenvalue weighted by Crippen LogP contribution is 2.35. The van der Waals surface area contributed by atoms with Gasteiger partial charge < -0.3 is 5.32 Å². The highest BCUT2D eigenvalue weighted by molar-refractivity contribution is 7.92. The van der Waals surface area contributed by atoms with E-state index in [1.807, 2.05) is 0 Å². The Bertz CT molecular complexity index is 266. The van der Waals surface area contributed by atoms with Crippen LogP contribution in [-0.2, 0) is 9.84 Å². The van der Waals surface area contributed by atoms with Crippen LogP contribution in [0.1, 0.15) is 39.0 Å². The summed E-state index contributed by atoms with van der Waals surface area (Å²) in [4.78, 5) is 0. The van der Waals surface area contributed by atoms with Crippen molar-refractivity contribution < 1.29 is 8.42 Å².